The van der Waals surface area contributed by atoms with Crippen LogP contribution in [0.4, 0.5) is 0 Å². The summed E-state index contributed by atoms with van der Waals surface area (Å²) in [6, 6.07) is 0.296. The van der Waals surface area contributed by atoms with Gasteiger partial charge in [0.25, 0.3) is 0 Å². The van der Waals surface area contributed by atoms with Crippen LogP contribution < -0.4 is 0 Å². The number of carbonyl (C=O) groups excluding carboxylic acids is 1. The van der Waals surface area contributed by atoms with Gasteiger partial charge in [0.05, 0.1) is 12.2 Å². The van der Waals surface area contributed by atoms with Crippen LogP contribution in [0, 0.1) is 0 Å². The second-order valence-electron chi connectivity index (χ2n) is 5.89. The molecule has 0 aliphatic carbocycles. The highest BCUT2D eigenvalue weighted by molar-refractivity contribution is 5.87. The van der Waals surface area contributed by atoms with E-state index in [0.29, 0.717) is 6.04 Å². The molecule has 1 fully saturated rings. The number of hydrogen-bond donors (Lipinski definition) is 0. The molecule has 2 heterocycles. The highest BCUT2D eigenvalue weighted by atomic mass is 16.2. The number of nitrogens with zero attached hydrogens (tertiary/aromatic N) is 3. The Labute approximate surface area is 108 Å². The van der Waals surface area contributed by atoms with Crippen molar-refractivity contribution in [3.63, 3.8) is 0 Å². The van der Waals surface area contributed by atoms with Gasteiger partial charge in [-0.3, -0.25) is 9.48 Å². The van der Waals surface area contributed by atoms with Crippen molar-refractivity contribution in [1.29, 1.82) is 0 Å². The predicted octanol–water partition coefficient (Wildman–Crippen LogP) is 2.14. The zero-order chi connectivity index (χ0) is 13.3. The standard InChI is InChI=1S/C14H21N3O/c1-5-13(18)16-7-6-12(10-16)17-9-11(8-15-17)14(2,3)4/h5,8-9,12H,1,6-7,10H2,2-4H3. The molecule has 18 heavy (non-hydrogen) atoms. The van der Waals surface area contributed by atoms with E-state index >= 15 is 0 Å². The van der Waals surface area contributed by atoms with Crippen LogP contribution >= 0.6 is 0 Å². The third-order valence-electron chi connectivity index (χ3n) is 3.49. The second-order valence-corrected chi connectivity index (χ2v) is 5.89. The molecule has 1 aromatic rings. The topological polar surface area (TPSA) is 38.1 Å². The quantitative estimate of drug-likeness (QED) is 0.751. The molecule has 0 spiro atoms. The van der Waals surface area contributed by atoms with E-state index in [1.165, 1.54) is 11.6 Å². The van der Waals surface area contributed by atoms with Gasteiger partial charge in [0, 0.05) is 19.3 Å². The number of likely N-dealkylation sites (tertiary alicyclic amines) is 1. The molecule has 4 heteroatoms. The first-order valence-electron chi connectivity index (χ1n) is 6.38. The summed E-state index contributed by atoms with van der Waals surface area (Å²) in [7, 11) is 0. The summed E-state index contributed by atoms with van der Waals surface area (Å²) < 4.78 is 2.00. The fourth-order valence-corrected chi connectivity index (χ4v) is 2.21. The molecule has 0 radical (unpaired) electrons. The van der Waals surface area contributed by atoms with Crippen LogP contribution in [-0.4, -0.2) is 33.7 Å². The molecule has 1 aliphatic heterocycles. The number of aromatic nitrogens is 2. The van der Waals surface area contributed by atoms with Crippen LogP contribution in [0.15, 0.2) is 25.0 Å². The van der Waals surface area contributed by atoms with Gasteiger partial charge in [0.1, 0.15) is 0 Å². The lowest BCUT2D eigenvalue weighted by atomic mass is 9.90. The normalized spacial score (nSPS) is 20.2. The van der Waals surface area contributed by atoms with Gasteiger partial charge in [-0.15, -0.1) is 0 Å². The van der Waals surface area contributed by atoms with Crippen molar-refractivity contribution in [2.75, 3.05) is 13.1 Å². The summed E-state index contributed by atoms with van der Waals surface area (Å²) in [4.78, 5) is 13.4. The van der Waals surface area contributed by atoms with E-state index in [-0.39, 0.29) is 11.3 Å². The first-order valence-corrected chi connectivity index (χ1v) is 6.38. The van der Waals surface area contributed by atoms with Gasteiger partial charge >= 0.3 is 0 Å². The van der Waals surface area contributed by atoms with Crippen molar-refractivity contribution in [3.05, 3.63) is 30.6 Å². The van der Waals surface area contributed by atoms with E-state index in [1.807, 2.05) is 15.8 Å². The van der Waals surface area contributed by atoms with E-state index < -0.39 is 0 Å². The summed E-state index contributed by atoms with van der Waals surface area (Å²) >= 11 is 0. The smallest absolute Gasteiger partial charge is 0.246 e. The van der Waals surface area contributed by atoms with Crippen molar-refractivity contribution in [1.82, 2.24) is 14.7 Å². The zero-order valence-electron chi connectivity index (χ0n) is 11.4. The van der Waals surface area contributed by atoms with E-state index in [1.54, 1.807) is 0 Å². The number of rotatable bonds is 2. The summed E-state index contributed by atoms with van der Waals surface area (Å²) in [6.07, 6.45) is 6.38. The van der Waals surface area contributed by atoms with Gasteiger partial charge in [-0.05, 0) is 23.5 Å². The Balaban J connectivity index is 2.08. The van der Waals surface area contributed by atoms with Crippen molar-refractivity contribution < 1.29 is 4.79 Å². The number of carbonyl (C=O) groups is 1. The lowest BCUT2D eigenvalue weighted by Crippen LogP contribution is -2.27. The van der Waals surface area contributed by atoms with Crippen molar-refractivity contribution in [2.45, 2.75) is 38.6 Å². The van der Waals surface area contributed by atoms with E-state index in [4.69, 9.17) is 0 Å². The Bertz CT molecular complexity index is 456. The minimum absolute atomic E-state index is 0.0145. The molecular formula is C14H21N3O. The molecule has 1 aromatic heterocycles. The average molecular weight is 247 g/mol. The molecular weight excluding hydrogens is 226 g/mol. The molecule has 98 valence electrons. The Morgan fingerprint density at radius 3 is 2.83 bits per heavy atom. The number of hydrogen-bond acceptors (Lipinski definition) is 2. The van der Waals surface area contributed by atoms with Gasteiger partial charge in [-0.25, -0.2) is 0 Å². The molecule has 0 saturated carbocycles. The van der Waals surface area contributed by atoms with Gasteiger partial charge in [0.15, 0.2) is 0 Å². The third kappa shape index (κ3) is 2.47. The molecule has 4 nitrogen and oxygen atoms in total. The van der Waals surface area contributed by atoms with Crippen LogP contribution in [0.25, 0.3) is 0 Å². The van der Waals surface area contributed by atoms with Crippen LogP contribution in [0.2, 0.25) is 0 Å². The zero-order valence-corrected chi connectivity index (χ0v) is 11.4. The maximum absolute atomic E-state index is 11.5. The Hall–Kier alpha value is -1.58. The van der Waals surface area contributed by atoms with E-state index in [9.17, 15) is 4.79 Å². The molecule has 1 amide bonds. The van der Waals surface area contributed by atoms with E-state index in [2.05, 4.69) is 38.6 Å². The minimum Gasteiger partial charge on any atom is -0.337 e. The highest BCUT2D eigenvalue weighted by Gasteiger charge is 2.27. The summed E-state index contributed by atoms with van der Waals surface area (Å²) in [5.74, 6) is 0.0145. The SMILES string of the molecule is C=CC(=O)N1CCC(n2cc(C(C)(C)C)cn2)C1. The fraction of sp³-hybridized carbons (Fsp3) is 0.571. The van der Waals surface area contributed by atoms with Crippen molar-refractivity contribution in [2.24, 2.45) is 0 Å². The second kappa shape index (κ2) is 4.59. The Kier molecular flexibility index (Phi) is 3.28. The molecule has 0 bridgehead atoms. The lowest BCUT2D eigenvalue weighted by Gasteiger charge is -2.16. The van der Waals surface area contributed by atoms with E-state index in [0.717, 1.165) is 19.5 Å². The molecule has 0 N–H and O–H groups in total. The Morgan fingerprint density at radius 2 is 2.28 bits per heavy atom. The first kappa shape index (κ1) is 12.9. The third-order valence-corrected chi connectivity index (χ3v) is 3.49. The first-order chi connectivity index (χ1) is 8.41. The van der Waals surface area contributed by atoms with Gasteiger partial charge in [-0.2, -0.15) is 5.10 Å². The van der Waals surface area contributed by atoms with Crippen molar-refractivity contribution in [3.8, 4) is 0 Å². The highest BCUT2D eigenvalue weighted by Crippen LogP contribution is 2.25. The van der Waals surface area contributed by atoms with Gasteiger partial charge in [0.2, 0.25) is 5.91 Å². The monoisotopic (exact) mass is 247 g/mol. The van der Waals surface area contributed by atoms with Gasteiger partial charge in [-0.1, -0.05) is 27.4 Å². The molecule has 0 aromatic carbocycles. The maximum Gasteiger partial charge on any atom is 0.246 e. The average Bonchev–Trinajstić information content (AvgIpc) is 2.94. The molecule has 1 saturated heterocycles. The van der Waals surface area contributed by atoms with Crippen LogP contribution in [0.5, 0.6) is 0 Å². The van der Waals surface area contributed by atoms with Crippen LogP contribution in [0.1, 0.15) is 38.8 Å². The van der Waals surface area contributed by atoms with Crippen molar-refractivity contribution >= 4 is 5.91 Å². The predicted molar refractivity (Wildman–Crippen MR) is 71.4 cm³/mol. The summed E-state index contributed by atoms with van der Waals surface area (Å²) in [5.41, 5.74) is 1.35. The molecule has 1 atom stereocenters. The summed E-state index contributed by atoms with van der Waals surface area (Å²) in [6.45, 7) is 11.6. The lowest BCUT2D eigenvalue weighted by molar-refractivity contribution is -0.125. The van der Waals surface area contributed by atoms with Crippen LogP contribution in [0.3, 0.4) is 0 Å². The number of amides is 1. The largest absolute Gasteiger partial charge is 0.337 e. The van der Waals surface area contributed by atoms with Gasteiger partial charge < -0.3 is 4.90 Å². The molecule has 1 unspecified atom stereocenters. The van der Waals surface area contributed by atoms with Crippen LogP contribution in [-0.2, 0) is 10.2 Å². The fourth-order valence-electron chi connectivity index (χ4n) is 2.21. The minimum atomic E-state index is 0.0145. The Morgan fingerprint density at radius 1 is 1.56 bits per heavy atom. The summed E-state index contributed by atoms with van der Waals surface area (Å²) in [5, 5.41) is 4.44. The molecule has 2 rings (SSSR count). The maximum atomic E-state index is 11.5. The molecule has 1 aliphatic rings.